The van der Waals surface area contributed by atoms with Gasteiger partial charge in [0.2, 0.25) is 21.8 Å². The molecular formula is C38H55N5O10S. The van der Waals surface area contributed by atoms with Gasteiger partial charge in [0.05, 0.1) is 31.6 Å². The standard InChI is InChI=1S/C38H55N5O10S/c1-7-24-18-38(24,33(46)41-54(49,50)26-13-14-26)40-31(44)28-17-25-20-43(28)32(45)30(36(2,3)4)39-34(47)52-22-37(5,6)15-8-9-16-51-29-12-10-11-23-19-42(21-27(23)29)35(48)53-25/h10-12,24-26,28,30H,7-9,13-22H2,1-6H3,(H,39,47)(H,40,44)(H,41,46)/t24-,25?,28-,30+,38-/m0/s1. The molecule has 5 amide bonds. The Morgan fingerprint density at radius 2 is 1.80 bits per heavy atom. The first-order valence-electron chi connectivity index (χ1n) is 19.1. The van der Waals surface area contributed by atoms with Crippen LogP contribution in [0.1, 0.15) is 104 Å². The first kappa shape index (κ1) is 39.6. The Morgan fingerprint density at radius 3 is 2.46 bits per heavy atom. The highest BCUT2D eigenvalue weighted by Crippen LogP contribution is 2.47. The van der Waals surface area contributed by atoms with Gasteiger partial charge in [0.15, 0.2) is 0 Å². The molecule has 5 aliphatic rings. The Hall–Kier alpha value is -4.08. The van der Waals surface area contributed by atoms with Crippen LogP contribution >= 0.6 is 0 Å². The van der Waals surface area contributed by atoms with Gasteiger partial charge in [0, 0.05) is 18.5 Å². The van der Waals surface area contributed by atoms with Crippen molar-refractivity contribution in [1.29, 1.82) is 0 Å². The fourth-order valence-electron chi connectivity index (χ4n) is 7.74. The zero-order valence-corrected chi connectivity index (χ0v) is 33.0. The van der Waals surface area contributed by atoms with Crippen LogP contribution in [0.5, 0.6) is 5.75 Å². The number of nitrogens with one attached hydrogen (secondary N) is 3. The summed E-state index contributed by atoms with van der Waals surface area (Å²) in [6.07, 6.45) is 1.64. The molecule has 1 unspecified atom stereocenters. The summed E-state index contributed by atoms with van der Waals surface area (Å²) in [6.45, 7) is 12.2. The number of nitrogens with zero attached hydrogens (tertiary/aromatic N) is 2. The molecule has 6 rings (SSSR count). The van der Waals surface area contributed by atoms with E-state index >= 15 is 0 Å². The molecule has 4 bridgehead atoms. The monoisotopic (exact) mass is 773 g/mol. The lowest BCUT2D eigenvalue weighted by Gasteiger charge is -2.35. The van der Waals surface area contributed by atoms with E-state index < -0.39 is 74.3 Å². The van der Waals surface area contributed by atoms with Gasteiger partial charge in [0.25, 0.3) is 5.91 Å². The molecule has 2 aliphatic carbocycles. The molecule has 1 aromatic carbocycles. The maximum atomic E-state index is 14.5. The van der Waals surface area contributed by atoms with Crippen molar-refractivity contribution in [2.45, 2.75) is 135 Å². The molecule has 0 aromatic heterocycles. The van der Waals surface area contributed by atoms with Gasteiger partial charge in [-0.3, -0.25) is 24.0 Å². The minimum absolute atomic E-state index is 0.0805. The highest BCUT2D eigenvalue weighted by molar-refractivity contribution is 7.91. The van der Waals surface area contributed by atoms with Gasteiger partial charge in [0.1, 0.15) is 29.5 Å². The molecular weight excluding hydrogens is 719 g/mol. The highest BCUT2D eigenvalue weighted by Gasteiger charge is 2.62. The largest absolute Gasteiger partial charge is 0.493 e. The maximum Gasteiger partial charge on any atom is 0.410 e. The molecule has 5 atom stereocenters. The molecule has 298 valence electrons. The molecule has 3 heterocycles. The van der Waals surface area contributed by atoms with Crippen LogP contribution in [0.15, 0.2) is 18.2 Å². The van der Waals surface area contributed by atoms with Crippen LogP contribution in [0.4, 0.5) is 9.59 Å². The summed E-state index contributed by atoms with van der Waals surface area (Å²) >= 11 is 0. The van der Waals surface area contributed by atoms with Crippen molar-refractivity contribution in [2.24, 2.45) is 16.7 Å². The Kier molecular flexibility index (Phi) is 10.9. The van der Waals surface area contributed by atoms with Crippen molar-refractivity contribution in [1.82, 2.24) is 25.2 Å². The number of rotatable bonds is 6. The zero-order valence-electron chi connectivity index (χ0n) is 32.2. The van der Waals surface area contributed by atoms with Crippen LogP contribution in [0, 0.1) is 16.7 Å². The van der Waals surface area contributed by atoms with Crippen molar-refractivity contribution >= 4 is 39.9 Å². The second-order valence-electron chi connectivity index (χ2n) is 17.4. The zero-order chi connectivity index (χ0) is 39.2. The Morgan fingerprint density at radius 1 is 1.06 bits per heavy atom. The van der Waals surface area contributed by atoms with Crippen LogP contribution < -0.4 is 20.1 Å². The number of hydrogen-bond donors (Lipinski definition) is 3. The summed E-state index contributed by atoms with van der Waals surface area (Å²) in [5.74, 6) is -1.69. The number of carbonyl (C=O) groups is 5. The van der Waals surface area contributed by atoms with E-state index in [1.807, 2.05) is 39.0 Å². The van der Waals surface area contributed by atoms with Crippen LogP contribution in [-0.4, -0.2) is 96.9 Å². The summed E-state index contributed by atoms with van der Waals surface area (Å²) in [4.78, 5) is 72.0. The van der Waals surface area contributed by atoms with Crippen molar-refractivity contribution in [3.63, 3.8) is 0 Å². The Balaban J connectivity index is 1.27. The average Bonchev–Trinajstić information content (AvgIpc) is 3.99. The molecule has 15 nitrogen and oxygen atoms in total. The topological polar surface area (TPSA) is 190 Å². The van der Waals surface area contributed by atoms with Crippen LogP contribution in [-0.2, 0) is 47.0 Å². The summed E-state index contributed by atoms with van der Waals surface area (Å²) in [6, 6.07) is 3.37. The van der Waals surface area contributed by atoms with Crippen LogP contribution in [0.2, 0.25) is 0 Å². The van der Waals surface area contributed by atoms with Crippen molar-refractivity contribution in [3.8, 4) is 5.75 Å². The third-order valence-electron chi connectivity index (χ3n) is 11.3. The summed E-state index contributed by atoms with van der Waals surface area (Å²) in [5.41, 5.74) is -0.823. The molecule has 1 saturated heterocycles. The van der Waals surface area contributed by atoms with Crippen LogP contribution in [0.25, 0.3) is 0 Å². The lowest BCUT2D eigenvalue weighted by molar-refractivity contribution is -0.143. The number of fused-ring (bicyclic) bond motifs is 3. The van der Waals surface area contributed by atoms with Gasteiger partial charge in [-0.2, -0.15) is 0 Å². The molecule has 3 fully saturated rings. The van der Waals surface area contributed by atoms with Gasteiger partial charge in [-0.15, -0.1) is 0 Å². The molecule has 16 heteroatoms. The number of amides is 5. The van der Waals surface area contributed by atoms with Gasteiger partial charge in [-0.25, -0.2) is 18.0 Å². The third kappa shape index (κ3) is 8.57. The van der Waals surface area contributed by atoms with Gasteiger partial charge in [-0.05, 0) is 66.9 Å². The quantitative estimate of drug-likeness (QED) is 0.384. The lowest BCUT2D eigenvalue weighted by atomic mass is 9.85. The molecule has 0 radical (unpaired) electrons. The number of sulfonamides is 1. The van der Waals surface area contributed by atoms with E-state index in [0.717, 1.165) is 30.4 Å². The normalized spacial score (nSPS) is 29.2. The maximum absolute atomic E-state index is 14.5. The summed E-state index contributed by atoms with van der Waals surface area (Å²) in [5, 5.41) is 4.92. The Bertz CT molecular complexity index is 1770. The smallest absolute Gasteiger partial charge is 0.410 e. The fraction of sp³-hybridized carbons (Fsp3) is 0.711. The van der Waals surface area contributed by atoms with Gasteiger partial charge < -0.3 is 29.7 Å². The number of alkyl carbamates (subject to hydrolysis) is 1. The first-order chi connectivity index (χ1) is 25.3. The number of cyclic esters (lactones) is 1. The number of benzene rings is 1. The lowest BCUT2D eigenvalue weighted by Crippen LogP contribution is -2.60. The third-order valence-corrected chi connectivity index (χ3v) is 13.2. The van der Waals surface area contributed by atoms with E-state index in [1.54, 1.807) is 25.7 Å². The van der Waals surface area contributed by atoms with E-state index in [4.69, 9.17) is 14.2 Å². The predicted molar refractivity (Wildman–Crippen MR) is 196 cm³/mol. The van der Waals surface area contributed by atoms with E-state index in [2.05, 4.69) is 15.4 Å². The van der Waals surface area contributed by atoms with Gasteiger partial charge >= 0.3 is 12.2 Å². The molecule has 1 aromatic rings. The highest BCUT2D eigenvalue weighted by atomic mass is 32.2. The van der Waals surface area contributed by atoms with Crippen molar-refractivity contribution in [2.75, 3.05) is 19.8 Å². The van der Waals surface area contributed by atoms with Crippen LogP contribution in [0.3, 0.4) is 0 Å². The minimum atomic E-state index is -3.89. The molecule has 2 saturated carbocycles. The first-order valence-corrected chi connectivity index (χ1v) is 20.7. The SMILES string of the molecule is CC[C@H]1C[C@@]1(NC(=O)[C@@H]1CC2CN1C(=O)[C@H](C(C)(C)C)NC(=O)OCC(C)(C)CCCCOc1cccc3c1CN(C3)C(=O)O2)C(=O)NS(=O)(=O)C1CC1. The Labute approximate surface area is 317 Å². The molecule has 0 spiro atoms. The van der Waals surface area contributed by atoms with Crippen molar-refractivity contribution < 1.29 is 46.6 Å². The average molecular weight is 774 g/mol. The van der Waals surface area contributed by atoms with E-state index in [1.165, 1.54) is 4.90 Å². The number of ether oxygens (including phenoxy) is 3. The molecule has 54 heavy (non-hydrogen) atoms. The summed E-state index contributed by atoms with van der Waals surface area (Å²) < 4.78 is 45.4. The second-order valence-corrected chi connectivity index (χ2v) is 19.4. The predicted octanol–water partition coefficient (Wildman–Crippen LogP) is 3.73. The van der Waals surface area contributed by atoms with E-state index in [-0.39, 0.29) is 43.9 Å². The number of hydrogen-bond acceptors (Lipinski definition) is 10. The minimum Gasteiger partial charge on any atom is -0.493 e. The fourth-order valence-corrected chi connectivity index (χ4v) is 9.10. The number of carbonyl (C=O) groups excluding carboxylic acids is 5. The second kappa shape index (κ2) is 14.9. The van der Waals surface area contributed by atoms with E-state index in [0.29, 0.717) is 38.2 Å². The van der Waals surface area contributed by atoms with Gasteiger partial charge in [-0.1, -0.05) is 60.1 Å². The molecule has 3 aliphatic heterocycles. The molecule has 3 N–H and O–H groups in total. The van der Waals surface area contributed by atoms with E-state index in [9.17, 15) is 32.4 Å². The summed E-state index contributed by atoms with van der Waals surface area (Å²) in [7, 11) is -3.89. The van der Waals surface area contributed by atoms with Crippen molar-refractivity contribution in [3.05, 3.63) is 29.3 Å².